The second kappa shape index (κ2) is 12.9. The number of hydrogen-bond donors (Lipinski definition) is 2. The molecule has 0 bridgehead atoms. The Labute approximate surface area is 235 Å². The molecule has 39 heavy (non-hydrogen) atoms. The lowest BCUT2D eigenvalue weighted by molar-refractivity contribution is 0.0687. The molecule has 1 saturated carbocycles. The van der Waals surface area contributed by atoms with Gasteiger partial charge in [0.2, 0.25) is 0 Å². The minimum absolute atomic E-state index is 0.0309. The summed E-state index contributed by atoms with van der Waals surface area (Å²) in [4.78, 5) is 35.0. The van der Waals surface area contributed by atoms with Gasteiger partial charge < -0.3 is 15.1 Å². The first-order valence-electron chi connectivity index (χ1n) is 14.6. The van der Waals surface area contributed by atoms with Crippen molar-refractivity contribution in [2.24, 2.45) is 17.8 Å². The Bertz CT molecular complexity index is 1130. The van der Waals surface area contributed by atoms with Crippen LogP contribution < -0.4 is 10.6 Å². The van der Waals surface area contributed by atoms with Gasteiger partial charge in [-0.25, -0.2) is 14.2 Å². The van der Waals surface area contributed by atoms with Gasteiger partial charge in [0.05, 0.1) is 10.6 Å². The number of benzene rings is 1. The van der Waals surface area contributed by atoms with Crippen LogP contribution in [0.3, 0.4) is 0 Å². The number of amides is 2. The first kappa shape index (κ1) is 28.2. The summed E-state index contributed by atoms with van der Waals surface area (Å²) >= 11 is 1.24. The maximum Gasteiger partial charge on any atom is 0.321 e. The Kier molecular flexibility index (Phi) is 9.30. The van der Waals surface area contributed by atoms with Gasteiger partial charge in [0, 0.05) is 51.6 Å². The molecule has 9 heteroatoms. The zero-order valence-electron chi connectivity index (χ0n) is 23.3. The second-order valence-corrected chi connectivity index (χ2v) is 12.9. The molecule has 2 aliphatic heterocycles. The fourth-order valence-electron chi connectivity index (χ4n) is 6.54. The number of thiazole rings is 1. The molecule has 2 amide bonds. The molecule has 5 rings (SSSR count). The van der Waals surface area contributed by atoms with Gasteiger partial charge in [0.25, 0.3) is 0 Å². The van der Waals surface area contributed by atoms with Crippen molar-refractivity contribution in [3.63, 3.8) is 0 Å². The highest BCUT2D eigenvalue weighted by molar-refractivity contribution is 7.17. The average Bonchev–Trinajstić information content (AvgIpc) is 3.24. The minimum atomic E-state index is -0.242. The topological polar surface area (TPSA) is 77.6 Å². The van der Waals surface area contributed by atoms with E-state index in [1.54, 1.807) is 19.1 Å². The summed E-state index contributed by atoms with van der Waals surface area (Å²) in [5, 5.41) is 6.61. The van der Waals surface area contributed by atoms with E-state index >= 15 is 0 Å². The van der Waals surface area contributed by atoms with Crippen LogP contribution in [-0.2, 0) is 6.42 Å². The molecular formula is C30H42FN5O2S. The lowest BCUT2D eigenvalue weighted by Crippen LogP contribution is -2.56. The Balaban J connectivity index is 1.20. The highest BCUT2D eigenvalue weighted by atomic mass is 32.1. The molecule has 212 valence electrons. The second-order valence-electron chi connectivity index (χ2n) is 11.9. The molecule has 3 heterocycles. The van der Waals surface area contributed by atoms with E-state index in [4.69, 9.17) is 0 Å². The molecule has 0 radical (unpaired) electrons. The highest BCUT2D eigenvalue weighted by Crippen LogP contribution is 2.30. The lowest BCUT2D eigenvalue weighted by Gasteiger charge is -2.44. The van der Waals surface area contributed by atoms with Gasteiger partial charge in [0.15, 0.2) is 10.9 Å². The summed E-state index contributed by atoms with van der Waals surface area (Å²) in [6.45, 7) is 9.61. The van der Waals surface area contributed by atoms with Crippen LogP contribution in [0.4, 0.5) is 14.3 Å². The summed E-state index contributed by atoms with van der Waals surface area (Å²) in [7, 11) is 0. The summed E-state index contributed by atoms with van der Waals surface area (Å²) in [6.07, 6.45) is 8.34. The van der Waals surface area contributed by atoms with E-state index in [-0.39, 0.29) is 23.7 Å². The van der Waals surface area contributed by atoms with E-state index < -0.39 is 0 Å². The monoisotopic (exact) mass is 555 g/mol. The van der Waals surface area contributed by atoms with Crippen LogP contribution in [0.25, 0.3) is 0 Å². The number of likely N-dealkylation sites (tertiary alicyclic amines) is 2. The van der Waals surface area contributed by atoms with Crippen molar-refractivity contribution in [3.05, 3.63) is 46.2 Å². The molecule has 0 spiro atoms. The van der Waals surface area contributed by atoms with Crippen molar-refractivity contribution in [3.8, 4) is 0 Å². The van der Waals surface area contributed by atoms with Gasteiger partial charge in [0.1, 0.15) is 5.82 Å². The number of anilines is 1. The number of halogens is 1. The summed E-state index contributed by atoms with van der Waals surface area (Å²) < 4.78 is 13.4. The average molecular weight is 556 g/mol. The Morgan fingerprint density at radius 1 is 1.00 bits per heavy atom. The standard InChI is InChI=1S/C30H42FN5O2S/c1-20-28(21(2)37)39-30(32-20)34-29(38)33-27-12-14-36(16-23-5-3-6-23)19-25(27)18-35-13-4-7-24(17-35)15-22-8-10-26(31)11-9-22/h8-11,23-25,27H,3-7,12-19H2,1-2H3,(H2,32,33,34,38)/t24-,25-,27+/m0/s1. The van der Waals surface area contributed by atoms with Crippen LogP contribution >= 0.6 is 11.3 Å². The number of rotatable bonds is 9. The Hall–Kier alpha value is -2.36. The predicted molar refractivity (Wildman–Crippen MR) is 154 cm³/mol. The van der Waals surface area contributed by atoms with Crippen molar-refractivity contribution in [2.45, 2.75) is 64.8 Å². The lowest BCUT2D eigenvalue weighted by atomic mass is 9.83. The number of Topliss-reactive ketones (excluding diaryl/α,β-unsaturated/α-hetero) is 1. The summed E-state index contributed by atoms with van der Waals surface area (Å²) in [5.74, 6) is 1.53. The van der Waals surface area contributed by atoms with Gasteiger partial charge >= 0.3 is 6.03 Å². The fraction of sp³-hybridized carbons (Fsp3) is 0.633. The van der Waals surface area contributed by atoms with E-state index in [0.29, 0.717) is 27.5 Å². The number of piperidine rings is 2. The maximum absolute atomic E-state index is 13.4. The molecule has 3 fully saturated rings. The molecule has 3 aliphatic rings. The molecular weight excluding hydrogens is 513 g/mol. The van der Waals surface area contributed by atoms with Crippen molar-refractivity contribution in [1.29, 1.82) is 0 Å². The zero-order chi connectivity index (χ0) is 27.4. The van der Waals surface area contributed by atoms with Crippen molar-refractivity contribution in [1.82, 2.24) is 20.1 Å². The first-order chi connectivity index (χ1) is 18.8. The number of aryl methyl sites for hydroxylation is 1. The molecule has 1 aromatic heterocycles. The van der Waals surface area contributed by atoms with Gasteiger partial charge in [-0.1, -0.05) is 29.9 Å². The summed E-state index contributed by atoms with van der Waals surface area (Å²) in [6, 6.07) is 6.79. The maximum atomic E-state index is 13.4. The Morgan fingerprint density at radius 2 is 1.74 bits per heavy atom. The number of urea groups is 1. The third-order valence-corrected chi connectivity index (χ3v) is 9.92. The van der Waals surface area contributed by atoms with Gasteiger partial charge in [-0.2, -0.15) is 0 Å². The molecule has 0 unspecified atom stereocenters. The predicted octanol–water partition coefficient (Wildman–Crippen LogP) is 5.36. The van der Waals surface area contributed by atoms with E-state index in [2.05, 4.69) is 25.4 Å². The minimum Gasteiger partial charge on any atom is -0.335 e. The van der Waals surface area contributed by atoms with Crippen LogP contribution in [0.2, 0.25) is 0 Å². The van der Waals surface area contributed by atoms with E-state index in [1.165, 1.54) is 62.5 Å². The number of carbonyl (C=O) groups is 2. The van der Waals surface area contributed by atoms with Crippen LogP contribution in [0.5, 0.6) is 0 Å². The van der Waals surface area contributed by atoms with E-state index in [1.807, 2.05) is 12.1 Å². The number of nitrogens with zero attached hydrogens (tertiary/aromatic N) is 3. The highest BCUT2D eigenvalue weighted by Gasteiger charge is 2.34. The number of nitrogens with one attached hydrogen (secondary N) is 2. The third kappa shape index (κ3) is 7.64. The number of carbonyl (C=O) groups excluding carboxylic acids is 2. The van der Waals surface area contributed by atoms with Crippen molar-refractivity contribution < 1.29 is 14.0 Å². The molecule has 1 aromatic carbocycles. The number of aromatic nitrogens is 1. The van der Waals surface area contributed by atoms with Crippen LogP contribution in [0.1, 0.15) is 66.4 Å². The molecule has 3 atom stereocenters. The molecule has 2 aromatic rings. The molecule has 2 N–H and O–H groups in total. The third-order valence-electron chi connectivity index (χ3n) is 8.75. The molecule has 1 aliphatic carbocycles. The number of hydrogen-bond acceptors (Lipinski definition) is 6. The smallest absolute Gasteiger partial charge is 0.321 e. The van der Waals surface area contributed by atoms with Gasteiger partial charge in [-0.05, 0) is 81.5 Å². The van der Waals surface area contributed by atoms with E-state index in [9.17, 15) is 14.0 Å². The number of ketones is 1. The van der Waals surface area contributed by atoms with Crippen molar-refractivity contribution in [2.75, 3.05) is 44.6 Å². The van der Waals surface area contributed by atoms with Crippen molar-refractivity contribution >= 4 is 28.3 Å². The normalized spacial score (nSPS) is 24.7. The Morgan fingerprint density at radius 3 is 2.44 bits per heavy atom. The fourth-order valence-corrected chi connectivity index (χ4v) is 7.39. The quantitative estimate of drug-likeness (QED) is 0.408. The SMILES string of the molecule is CC(=O)c1sc(NC(=O)N[C@@H]2CCN(CC3CCC3)C[C@@H]2CN2CCC[C@@H](Cc3ccc(F)cc3)C2)nc1C. The summed E-state index contributed by atoms with van der Waals surface area (Å²) in [5.41, 5.74) is 1.86. The first-order valence-corrected chi connectivity index (χ1v) is 15.4. The van der Waals surface area contributed by atoms with Crippen LogP contribution in [0, 0.1) is 30.5 Å². The van der Waals surface area contributed by atoms with Crippen LogP contribution in [-0.4, -0.2) is 71.9 Å². The molecule has 2 saturated heterocycles. The van der Waals surface area contributed by atoms with Gasteiger partial charge in [-0.15, -0.1) is 0 Å². The zero-order valence-corrected chi connectivity index (χ0v) is 24.1. The van der Waals surface area contributed by atoms with E-state index in [0.717, 1.165) is 51.5 Å². The van der Waals surface area contributed by atoms with Crippen LogP contribution in [0.15, 0.2) is 24.3 Å². The largest absolute Gasteiger partial charge is 0.335 e. The molecule has 7 nitrogen and oxygen atoms in total. The van der Waals surface area contributed by atoms with Gasteiger partial charge in [-0.3, -0.25) is 10.1 Å².